The fourth-order valence-electron chi connectivity index (χ4n) is 2.69. The van der Waals surface area contributed by atoms with Crippen LogP contribution in [0.4, 0.5) is 0 Å². The van der Waals surface area contributed by atoms with E-state index in [1.807, 2.05) is 7.05 Å². The molecule has 0 aliphatic heterocycles. The minimum Gasteiger partial charge on any atom is -0.396 e. The summed E-state index contributed by atoms with van der Waals surface area (Å²) < 4.78 is 1.69. The molecule has 0 radical (unpaired) electrons. The molecule has 126 valence electrons. The van der Waals surface area contributed by atoms with E-state index in [9.17, 15) is 4.79 Å². The van der Waals surface area contributed by atoms with Crippen LogP contribution in [0.1, 0.15) is 63.5 Å². The Bertz CT molecular complexity index is 487. The van der Waals surface area contributed by atoms with E-state index in [1.165, 1.54) is 0 Å². The summed E-state index contributed by atoms with van der Waals surface area (Å²) in [4.78, 5) is 12.5. The highest BCUT2D eigenvalue weighted by molar-refractivity contribution is 5.95. The fourth-order valence-corrected chi connectivity index (χ4v) is 2.69. The van der Waals surface area contributed by atoms with Crippen LogP contribution in [0.25, 0.3) is 0 Å². The third kappa shape index (κ3) is 5.44. The van der Waals surface area contributed by atoms with Crippen molar-refractivity contribution in [3.63, 3.8) is 0 Å². The number of hydrogen-bond acceptors (Lipinski definition) is 3. The van der Waals surface area contributed by atoms with Crippen LogP contribution in [0.5, 0.6) is 0 Å². The Labute approximate surface area is 134 Å². The minimum absolute atomic E-state index is 0.0790. The molecule has 5 nitrogen and oxygen atoms in total. The largest absolute Gasteiger partial charge is 0.396 e. The van der Waals surface area contributed by atoms with Crippen molar-refractivity contribution in [3.8, 4) is 0 Å². The summed E-state index contributed by atoms with van der Waals surface area (Å²) >= 11 is 0. The number of aromatic nitrogens is 2. The molecule has 0 aromatic carbocycles. The molecule has 1 heterocycles. The summed E-state index contributed by atoms with van der Waals surface area (Å²) in [5, 5.41) is 16.6. The summed E-state index contributed by atoms with van der Waals surface area (Å²) in [6.45, 7) is 11.2. The maximum atomic E-state index is 12.5. The van der Waals surface area contributed by atoms with Crippen molar-refractivity contribution < 1.29 is 9.90 Å². The number of aliphatic hydroxyl groups excluding tert-OH is 1. The monoisotopic (exact) mass is 309 g/mol. The Kier molecular flexibility index (Phi) is 6.60. The third-order valence-corrected chi connectivity index (χ3v) is 3.68. The van der Waals surface area contributed by atoms with Crippen molar-refractivity contribution in [2.75, 3.05) is 13.2 Å². The van der Waals surface area contributed by atoms with E-state index in [0.29, 0.717) is 23.9 Å². The maximum Gasteiger partial charge on any atom is 0.254 e. The fraction of sp³-hybridized carbons (Fsp3) is 0.765. The first-order valence-electron chi connectivity index (χ1n) is 8.08. The zero-order chi connectivity index (χ0) is 16.9. The van der Waals surface area contributed by atoms with E-state index in [1.54, 1.807) is 10.9 Å². The molecule has 1 amide bonds. The van der Waals surface area contributed by atoms with Gasteiger partial charge in [0.2, 0.25) is 0 Å². The normalized spacial score (nSPS) is 13.5. The predicted molar refractivity (Wildman–Crippen MR) is 88.9 cm³/mol. The van der Waals surface area contributed by atoms with Gasteiger partial charge in [-0.15, -0.1) is 0 Å². The lowest BCUT2D eigenvalue weighted by Crippen LogP contribution is -2.32. The van der Waals surface area contributed by atoms with Gasteiger partial charge in [-0.1, -0.05) is 34.6 Å². The van der Waals surface area contributed by atoms with Gasteiger partial charge >= 0.3 is 0 Å². The van der Waals surface area contributed by atoms with Gasteiger partial charge in [-0.2, -0.15) is 5.10 Å². The van der Waals surface area contributed by atoms with Gasteiger partial charge in [0.25, 0.3) is 5.91 Å². The van der Waals surface area contributed by atoms with Gasteiger partial charge in [0.1, 0.15) is 0 Å². The van der Waals surface area contributed by atoms with Crippen LogP contribution in [0.3, 0.4) is 0 Å². The molecule has 1 rings (SSSR count). The molecule has 22 heavy (non-hydrogen) atoms. The zero-order valence-electron chi connectivity index (χ0n) is 14.8. The van der Waals surface area contributed by atoms with Crippen LogP contribution < -0.4 is 5.32 Å². The van der Waals surface area contributed by atoms with Crippen molar-refractivity contribution in [1.82, 2.24) is 15.1 Å². The minimum atomic E-state index is -0.170. The number of amides is 1. The second kappa shape index (κ2) is 7.77. The van der Waals surface area contributed by atoms with E-state index < -0.39 is 0 Å². The van der Waals surface area contributed by atoms with Gasteiger partial charge in [-0.05, 0) is 24.7 Å². The van der Waals surface area contributed by atoms with E-state index >= 15 is 0 Å². The molecule has 1 aromatic heterocycles. The van der Waals surface area contributed by atoms with Gasteiger partial charge in [-0.3, -0.25) is 9.48 Å². The van der Waals surface area contributed by atoms with Crippen molar-refractivity contribution in [2.24, 2.45) is 18.9 Å². The second-order valence-electron chi connectivity index (χ2n) is 7.53. The number of nitrogens with one attached hydrogen (secondary N) is 1. The number of rotatable bonds is 7. The van der Waals surface area contributed by atoms with Gasteiger partial charge < -0.3 is 10.4 Å². The third-order valence-electron chi connectivity index (χ3n) is 3.68. The Morgan fingerprint density at radius 2 is 2.05 bits per heavy atom. The van der Waals surface area contributed by atoms with Crippen LogP contribution in [-0.2, 0) is 12.5 Å². The van der Waals surface area contributed by atoms with Gasteiger partial charge in [0, 0.05) is 31.8 Å². The Balaban J connectivity index is 2.76. The molecule has 0 saturated heterocycles. The highest BCUT2D eigenvalue weighted by Crippen LogP contribution is 2.24. The van der Waals surface area contributed by atoms with Crippen molar-refractivity contribution >= 4 is 5.91 Å². The molecule has 5 heteroatoms. The van der Waals surface area contributed by atoms with Gasteiger partial charge in [-0.25, -0.2) is 0 Å². The molecular formula is C17H31N3O2. The molecule has 0 saturated carbocycles. The second-order valence-corrected chi connectivity index (χ2v) is 7.53. The predicted octanol–water partition coefficient (Wildman–Crippen LogP) is 2.49. The number of aliphatic hydroxyl groups is 1. The summed E-state index contributed by atoms with van der Waals surface area (Å²) in [5.41, 5.74) is 1.29. The highest BCUT2D eigenvalue weighted by Gasteiger charge is 2.26. The van der Waals surface area contributed by atoms with E-state index in [-0.39, 0.29) is 17.9 Å². The van der Waals surface area contributed by atoms with Crippen molar-refractivity contribution in [3.05, 3.63) is 17.5 Å². The molecule has 1 aromatic rings. The summed E-state index contributed by atoms with van der Waals surface area (Å²) in [7, 11) is 1.83. The lowest BCUT2D eigenvalue weighted by Gasteiger charge is -2.20. The number of aryl methyl sites for hydroxylation is 1. The molecule has 0 aliphatic carbocycles. The number of nitrogens with zero attached hydrogens (tertiary/aromatic N) is 2. The van der Waals surface area contributed by atoms with Crippen molar-refractivity contribution in [2.45, 2.75) is 52.9 Å². The first-order chi connectivity index (χ1) is 10.1. The average Bonchev–Trinajstić information content (AvgIpc) is 2.77. The molecule has 1 unspecified atom stereocenters. The molecular weight excluding hydrogens is 278 g/mol. The Hall–Kier alpha value is -1.36. The molecule has 1 atom stereocenters. The molecule has 0 spiro atoms. The maximum absolute atomic E-state index is 12.5. The first kappa shape index (κ1) is 18.7. The Morgan fingerprint density at radius 1 is 1.41 bits per heavy atom. The van der Waals surface area contributed by atoms with Crippen LogP contribution in [0, 0.1) is 11.8 Å². The van der Waals surface area contributed by atoms with Gasteiger partial charge in [0.15, 0.2) is 0 Å². The van der Waals surface area contributed by atoms with Gasteiger partial charge in [0.05, 0.1) is 11.3 Å². The highest BCUT2D eigenvalue weighted by atomic mass is 16.3. The lowest BCUT2D eigenvalue weighted by atomic mass is 9.89. The average molecular weight is 309 g/mol. The standard InChI is InChI=1S/C17H31N3O2/c1-12(2)9-13(7-8-21)10-18-16(22)14-11-20(6)19-15(14)17(3,4)5/h11-13,21H,7-10H2,1-6H3,(H,18,22). The molecule has 0 fully saturated rings. The quantitative estimate of drug-likeness (QED) is 0.813. The van der Waals surface area contributed by atoms with E-state index in [0.717, 1.165) is 18.5 Å². The topological polar surface area (TPSA) is 67.2 Å². The van der Waals surface area contributed by atoms with E-state index in [2.05, 4.69) is 45.0 Å². The summed E-state index contributed by atoms with van der Waals surface area (Å²) in [6.07, 6.45) is 3.50. The van der Waals surface area contributed by atoms with Crippen LogP contribution in [0.15, 0.2) is 6.20 Å². The SMILES string of the molecule is CC(C)CC(CCO)CNC(=O)c1cn(C)nc1C(C)(C)C. The number of hydrogen-bond donors (Lipinski definition) is 2. The number of carbonyl (C=O) groups excluding carboxylic acids is 1. The zero-order valence-corrected chi connectivity index (χ0v) is 14.8. The lowest BCUT2D eigenvalue weighted by molar-refractivity contribution is 0.0939. The molecule has 0 aliphatic rings. The molecule has 0 bridgehead atoms. The van der Waals surface area contributed by atoms with Crippen LogP contribution >= 0.6 is 0 Å². The van der Waals surface area contributed by atoms with E-state index in [4.69, 9.17) is 5.11 Å². The van der Waals surface area contributed by atoms with Crippen molar-refractivity contribution in [1.29, 1.82) is 0 Å². The first-order valence-corrected chi connectivity index (χ1v) is 8.08. The van der Waals surface area contributed by atoms with Crippen LogP contribution in [0.2, 0.25) is 0 Å². The summed E-state index contributed by atoms with van der Waals surface area (Å²) in [6, 6.07) is 0. The Morgan fingerprint density at radius 3 is 2.55 bits per heavy atom. The van der Waals surface area contributed by atoms with Crippen LogP contribution in [-0.4, -0.2) is 33.9 Å². The summed E-state index contributed by atoms with van der Waals surface area (Å²) in [5.74, 6) is 0.783. The number of carbonyl (C=O) groups is 1. The smallest absolute Gasteiger partial charge is 0.254 e. The molecule has 2 N–H and O–H groups in total.